The Kier molecular flexibility index (Phi) is 4.66. The molecule has 0 aliphatic carbocycles. The van der Waals surface area contributed by atoms with E-state index >= 15 is 0 Å². The van der Waals surface area contributed by atoms with Gasteiger partial charge in [-0.3, -0.25) is 0 Å². The molecule has 1 aromatic heterocycles. The van der Waals surface area contributed by atoms with Crippen molar-refractivity contribution < 1.29 is 19.0 Å². The molecule has 0 atom stereocenters. The summed E-state index contributed by atoms with van der Waals surface area (Å²) < 4.78 is 17.0. The van der Waals surface area contributed by atoms with Crippen LogP contribution in [0.5, 0.6) is 11.5 Å². The van der Waals surface area contributed by atoms with Crippen LogP contribution in [-0.4, -0.2) is 25.2 Å². The fourth-order valence-electron chi connectivity index (χ4n) is 2.40. The van der Waals surface area contributed by atoms with Gasteiger partial charge < -0.3 is 14.2 Å². The Morgan fingerprint density at radius 1 is 1.12 bits per heavy atom. The highest BCUT2D eigenvalue weighted by Gasteiger charge is 2.15. The number of fused-ring (bicyclic) bond motifs is 1. The van der Waals surface area contributed by atoms with Crippen molar-refractivity contribution in [2.75, 3.05) is 14.2 Å². The number of aromatic nitrogens is 1. The van der Waals surface area contributed by atoms with Gasteiger partial charge in [-0.05, 0) is 31.2 Å². The molecule has 0 fully saturated rings. The summed E-state index contributed by atoms with van der Waals surface area (Å²) in [6.45, 7) is 2.00. The number of carbonyl (C=O) groups is 1. The second kappa shape index (κ2) is 6.88. The zero-order chi connectivity index (χ0) is 17.1. The first-order chi connectivity index (χ1) is 11.6. The number of esters is 1. The van der Waals surface area contributed by atoms with Gasteiger partial charge in [-0.25, -0.2) is 9.78 Å². The fourth-order valence-corrected chi connectivity index (χ4v) is 3.28. The van der Waals surface area contributed by atoms with Crippen LogP contribution in [0, 0.1) is 6.92 Å². The Bertz CT molecular complexity index is 830. The Morgan fingerprint density at radius 3 is 2.42 bits per heavy atom. The van der Waals surface area contributed by atoms with Gasteiger partial charge >= 0.3 is 5.97 Å². The first-order valence-corrected chi connectivity index (χ1v) is 8.18. The lowest BCUT2D eigenvalue weighted by Gasteiger charge is -2.12. The van der Waals surface area contributed by atoms with E-state index in [1.807, 2.05) is 31.2 Å². The highest BCUT2D eigenvalue weighted by Crippen LogP contribution is 2.30. The smallest absolute Gasteiger partial charge is 0.338 e. The third-order valence-corrected chi connectivity index (χ3v) is 4.66. The molecule has 6 heteroatoms. The number of para-hydroxylation sites is 1. The molecule has 0 radical (unpaired) electrons. The van der Waals surface area contributed by atoms with Gasteiger partial charge in [-0.1, -0.05) is 12.1 Å². The van der Waals surface area contributed by atoms with Crippen molar-refractivity contribution in [1.82, 2.24) is 4.98 Å². The highest BCUT2D eigenvalue weighted by atomic mass is 32.1. The monoisotopic (exact) mass is 343 g/mol. The van der Waals surface area contributed by atoms with Crippen LogP contribution in [-0.2, 0) is 11.3 Å². The molecular weight excluding hydrogens is 326 g/mol. The van der Waals surface area contributed by atoms with Gasteiger partial charge in [0.15, 0.2) is 0 Å². The van der Waals surface area contributed by atoms with E-state index in [-0.39, 0.29) is 6.61 Å². The molecule has 0 N–H and O–H groups in total. The van der Waals surface area contributed by atoms with Gasteiger partial charge in [0.1, 0.15) is 23.1 Å². The minimum Gasteiger partial charge on any atom is -0.496 e. The average Bonchev–Trinajstić information content (AvgIpc) is 3.02. The normalized spacial score (nSPS) is 10.6. The van der Waals surface area contributed by atoms with Gasteiger partial charge in [0, 0.05) is 5.56 Å². The van der Waals surface area contributed by atoms with Crippen LogP contribution >= 0.6 is 11.3 Å². The Labute approximate surface area is 143 Å². The molecule has 5 nitrogen and oxygen atoms in total. The van der Waals surface area contributed by atoms with E-state index in [2.05, 4.69) is 4.98 Å². The van der Waals surface area contributed by atoms with E-state index in [0.717, 1.165) is 20.8 Å². The number of thiazole rings is 1. The number of carbonyl (C=O) groups excluding carboxylic acids is 1. The first kappa shape index (κ1) is 16.3. The summed E-state index contributed by atoms with van der Waals surface area (Å²) in [4.78, 5) is 16.8. The van der Waals surface area contributed by atoms with Crippen molar-refractivity contribution in [2.45, 2.75) is 13.5 Å². The van der Waals surface area contributed by atoms with Crippen molar-refractivity contribution in [3.05, 3.63) is 52.5 Å². The van der Waals surface area contributed by atoms with E-state index in [9.17, 15) is 4.79 Å². The lowest BCUT2D eigenvalue weighted by Crippen LogP contribution is -2.06. The predicted molar refractivity (Wildman–Crippen MR) is 93.0 cm³/mol. The minimum absolute atomic E-state index is 0.136. The Balaban J connectivity index is 1.77. The van der Waals surface area contributed by atoms with Crippen molar-refractivity contribution >= 4 is 27.5 Å². The van der Waals surface area contributed by atoms with Crippen molar-refractivity contribution in [2.24, 2.45) is 0 Å². The maximum Gasteiger partial charge on any atom is 0.338 e. The van der Waals surface area contributed by atoms with Crippen molar-refractivity contribution in [1.29, 1.82) is 0 Å². The predicted octanol–water partition coefficient (Wildman–Crippen LogP) is 3.98. The maximum atomic E-state index is 12.3. The molecule has 0 saturated heterocycles. The first-order valence-electron chi connectivity index (χ1n) is 7.36. The number of benzene rings is 2. The topological polar surface area (TPSA) is 57.7 Å². The van der Waals surface area contributed by atoms with Crippen molar-refractivity contribution in [3.63, 3.8) is 0 Å². The zero-order valence-corrected chi connectivity index (χ0v) is 14.5. The summed E-state index contributed by atoms with van der Waals surface area (Å²) in [5, 5.41) is 0.760. The summed E-state index contributed by atoms with van der Waals surface area (Å²) in [6, 6.07) is 11.1. The minimum atomic E-state index is -0.439. The molecule has 0 bridgehead atoms. The second-order valence-electron chi connectivity index (χ2n) is 5.16. The van der Waals surface area contributed by atoms with Crippen LogP contribution in [0.1, 0.15) is 20.9 Å². The molecule has 0 aliphatic rings. The summed E-state index contributed by atoms with van der Waals surface area (Å²) in [5.74, 6) is 0.730. The maximum absolute atomic E-state index is 12.3. The number of ether oxygens (including phenoxy) is 3. The molecule has 0 spiro atoms. The van der Waals surface area contributed by atoms with E-state index in [1.54, 1.807) is 26.4 Å². The lowest BCUT2D eigenvalue weighted by atomic mass is 10.1. The molecule has 24 heavy (non-hydrogen) atoms. The number of methoxy groups -OCH3 is 2. The number of rotatable bonds is 5. The van der Waals surface area contributed by atoms with Gasteiger partial charge in [-0.15, -0.1) is 11.3 Å². The molecule has 1 heterocycles. The molecule has 124 valence electrons. The van der Waals surface area contributed by atoms with Gasteiger partial charge in [-0.2, -0.15) is 0 Å². The fraction of sp³-hybridized carbons (Fsp3) is 0.222. The molecule has 0 saturated carbocycles. The Morgan fingerprint density at radius 2 is 1.79 bits per heavy atom. The standard InChI is InChI=1S/C18H17NO4S/c1-11-14(21-2)8-12(9-15(11)22-3)18(20)23-10-17-19-13-6-4-5-7-16(13)24-17/h4-9H,10H2,1-3H3. The second-order valence-corrected chi connectivity index (χ2v) is 6.27. The summed E-state index contributed by atoms with van der Waals surface area (Å²) in [7, 11) is 3.11. The van der Waals surface area contributed by atoms with E-state index in [4.69, 9.17) is 14.2 Å². The molecule has 0 unspecified atom stereocenters. The van der Waals surface area contributed by atoms with Crippen LogP contribution in [0.2, 0.25) is 0 Å². The largest absolute Gasteiger partial charge is 0.496 e. The third-order valence-electron chi connectivity index (χ3n) is 3.65. The number of nitrogens with zero attached hydrogens (tertiary/aromatic N) is 1. The summed E-state index contributed by atoms with van der Waals surface area (Å²) >= 11 is 1.51. The molecular formula is C18H17NO4S. The quantitative estimate of drug-likeness (QED) is 0.656. The molecule has 2 aromatic carbocycles. The van der Waals surface area contributed by atoms with E-state index in [0.29, 0.717) is 17.1 Å². The van der Waals surface area contributed by atoms with Crippen LogP contribution < -0.4 is 9.47 Å². The molecule has 0 aliphatic heterocycles. The zero-order valence-electron chi connectivity index (χ0n) is 13.7. The van der Waals surface area contributed by atoms with Crippen LogP contribution in [0.25, 0.3) is 10.2 Å². The third kappa shape index (κ3) is 3.19. The van der Waals surface area contributed by atoms with Gasteiger partial charge in [0.25, 0.3) is 0 Å². The lowest BCUT2D eigenvalue weighted by molar-refractivity contribution is 0.0472. The number of hydrogen-bond acceptors (Lipinski definition) is 6. The average molecular weight is 343 g/mol. The molecule has 3 aromatic rings. The van der Waals surface area contributed by atoms with Gasteiger partial charge in [0.05, 0.1) is 30.0 Å². The van der Waals surface area contributed by atoms with Crippen molar-refractivity contribution in [3.8, 4) is 11.5 Å². The number of hydrogen-bond donors (Lipinski definition) is 0. The van der Waals surface area contributed by atoms with Crippen LogP contribution in [0.3, 0.4) is 0 Å². The van der Waals surface area contributed by atoms with Crippen LogP contribution in [0.15, 0.2) is 36.4 Å². The molecule has 3 rings (SSSR count). The summed E-state index contributed by atoms with van der Waals surface area (Å²) in [6.07, 6.45) is 0. The summed E-state index contributed by atoms with van der Waals surface area (Å²) in [5.41, 5.74) is 2.13. The molecule has 0 amide bonds. The highest BCUT2D eigenvalue weighted by molar-refractivity contribution is 7.18. The van der Waals surface area contributed by atoms with E-state index in [1.165, 1.54) is 11.3 Å². The van der Waals surface area contributed by atoms with Gasteiger partial charge in [0.2, 0.25) is 0 Å². The SMILES string of the molecule is COc1cc(C(=O)OCc2nc3ccccc3s2)cc(OC)c1C. The van der Waals surface area contributed by atoms with E-state index < -0.39 is 5.97 Å². The Hall–Kier alpha value is -2.60. The van der Waals surface area contributed by atoms with Crippen LogP contribution in [0.4, 0.5) is 0 Å².